The van der Waals surface area contributed by atoms with E-state index in [2.05, 4.69) is 38.2 Å². The smallest absolute Gasteiger partial charge is 0.272 e. The molecule has 3 heterocycles. The monoisotopic (exact) mass is 692 g/mol. The minimum Gasteiger partial charge on any atom is -0.409 e. The number of anilines is 4. The number of hydrogen-bond donors (Lipinski definition) is 6. The normalized spacial score (nSPS) is 11.2. The molecule has 0 bridgehead atoms. The Morgan fingerprint density at radius 3 is 1.69 bits per heavy atom. The third-order valence-electron chi connectivity index (χ3n) is 7.62. The van der Waals surface area contributed by atoms with Gasteiger partial charge in [-0.3, -0.25) is 19.2 Å². The first-order valence-corrected chi connectivity index (χ1v) is 16.1. The van der Waals surface area contributed by atoms with Crippen LogP contribution in [-0.4, -0.2) is 73.9 Å². The Bertz CT molecular complexity index is 1830. The highest BCUT2D eigenvalue weighted by molar-refractivity contribution is 6.18. The molecule has 0 aliphatic heterocycles. The van der Waals surface area contributed by atoms with E-state index in [1.807, 2.05) is 12.1 Å². The van der Waals surface area contributed by atoms with Crippen molar-refractivity contribution in [2.45, 2.75) is 19.8 Å². The second kappa shape index (κ2) is 16.4. The van der Waals surface area contributed by atoms with Crippen LogP contribution in [0.15, 0.2) is 66.2 Å². The highest BCUT2D eigenvalue weighted by Crippen LogP contribution is 2.21. The molecule has 3 aromatic heterocycles. The van der Waals surface area contributed by atoms with E-state index < -0.39 is 17.7 Å². The van der Waals surface area contributed by atoms with Crippen molar-refractivity contribution < 1.29 is 24.4 Å². The van der Waals surface area contributed by atoms with Crippen molar-refractivity contribution in [3.8, 4) is 0 Å². The molecule has 0 atom stereocenters. The molecule has 0 aliphatic rings. The SMILES string of the molecule is CCCN(CCCl)c1ccc(C(=O)Nc2cc(C(=O)Nc3cc(C(=O)Nc4cc(C(=O)NCCC(N)=NO)n(C)c4)n(C)c3)n(C)c2)cc1. The highest BCUT2D eigenvalue weighted by Gasteiger charge is 2.19. The van der Waals surface area contributed by atoms with Crippen molar-refractivity contribution in [3.63, 3.8) is 0 Å². The lowest BCUT2D eigenvalue weighted by Crippen LogP contribution is -2.29. The van der Waals surface area contributed by atoms with Crippen molar-refractivity contribution in [3.05, 3.63) is 83.7 Å². The minimum absolute atomic E-state index is 0.00810. The number of alkyl halides is 1. The molecule has 7 N–H and O–H groups in total. The number of rotatable bonds is 15. The van der Waals surface area contributed by atoms with Gasteiger partial charge in [0, 0.05) is 82.9 Å². The fraction of sp³-hybridized carbons (Fsp3) is 0.303. The van der Waals surface area contributed by atoms with E-state index in [0.717, 1.165) is 18.7 Å². The molecular weight excluding hydrogens is 652 g/mol. The number of carbonyl (C=O) groups is 4. The van der Waals surface area contributed by atoms with E-state index in [0.29, 0.717) is 46.4 Å². The summed E-state index contributed by atoms with van der Waals surface area (Å²) in [5.74, 6) is -1.11. The van der Waals surface area contributed by atoms with Crippen LogP contribution >= 0.6 is 11.6 Å². The van der Waals surface area contributed by atoms with E-state index in [9.17, 15) is 19.2 Å². The summed E-state index contributed by atoms with van der Waals surface area (Å²) < 4.78 is 4.72. The quantitative estimate of drug-likeness (QED) is 0.0359. The summed E-state index contributed by atoms with van der Waals surface area (Å²) in [4.78, 5) is 54.0. The number of benzene rings is 1. The molecule has 15 nitrogen and oxygen atoms in total. The van der Waals surface area contributed by atoms with Gasteiger partial charge in [0.1, 0.15) is 22.9 Å². The number of oxime groups is 1. The van der Waals surface area contributed by atoms with Crippen LogP contribution in [0.25, 0.3) is 0 Å². The number of nitrogens with one attached hydrogen (secondary N) is 4. The molecule has 0 fully saturated rings. The molecule has 0 saturated heterocycles. The van der Waals surface area contributed by atoms with E-state index in [1.54, 1.807) is 71.6 Å². The summed E-state index contributed by atoms with van der Waals surface area (Å²) in [5, 5.41) is 22.6. The lowest BCUT2D eigenvalue weighted by atomic mass is 10.1. The fourth-order valence-electron chi connectivity index (χ4n) is 5.18. The summed E-state index contributed by atoms with van der Waals surface area (Å²) in [6.07, 6.45) is 5.98. The van der Waals surface area contributed by atoms with E-state index >= 15 is 0 Å². The molecular formula is C33H41ClN10O5. The number of hydrogen-bond acceptors (Lipinski definition) is 7. The van der Waals surface area contributed by atoms with Crippen LogP contribution in [0.2, 0.25) is 0 Å². The Morgan fingerprint density at radius 2 is 1.24 bits per heavy atom. The van der Waals surface area contributed by atoms with Crippen molar-refractivity contribution >= 4 is 63.8 Å². The number of nitrogens with zero attached hydrogens (tertiary/aromatic N) is 5. The summed E-state index contributed by atoms with van der Waals surface area (Å²) in [6, 6.07) is 11.9. The Morgan fingerprint density at radius 1 is 0.776 bits per heavy atom. The number of halogens is 1. The highest BCUT2D eigenvalue weighted by atomic mass is 35.5. The molecule has 4 aromatic rings. The van der Waals surface area contributed by atoms with E-state index in [4.69, 9.17) is 22.5 Å². The van der Waals surface area contributed by atoms with Crippen molar-refractivity contribution in [1.29, 1.82) is 0 Å². The first-order valence-electron chi connectivity index (χ1n) is 15.5. The van der Waals surface area contributed by atoms with Gasteiger partial charge in [-0.15, -0.1) is 11.6 Å². The average Bonchev–Trinajstić information content (AvgIpc) is 3.75. The number of aryl methyl sites for hydroxylation is 3. The molecule has 260 valence electrons. The third kappa shape index (κ3) is 9.22. The summed E-state index contributed by atoms with van der Waals surface area (Å²) in [6.45, 7) is 3.84. The molecule has 0 radical (unpaired) electrons. The molecule has 16 heteroatoms. The van der Waals surface area contributed by atoms with Crippen LogP contribution in [-0.2, 0) is 21.1 Å². The molecule has 49 heavy (non-hydrogen) atoms. The zero-order valence-corrected chi connectivity index (χ0v) is 28.5. The molecule has 0 spiro atoms. The molecule has 0 unspecified atom stereocenters. The lowest BCUT2D eigenvalue weighted by molar-refractivity contribution is 0.0944. The molecule has 0 aliphatic carbocycles. The van der Waals surface area contributed by atoms with Crippen molar-refractivity contribution in [2.24, 2.45) is 32.0 Å². The summed E-state index contributed by atoms with van der Waals surface area (Å²) in [7, 11) is 5.01. The zero-order chi connectivity index (χ0) is 35.7. The summed E-state index contributed by atoms with van der Waals surface area (Å²) in [5.41, 5.74) is 8.95. The van der Waals surface area contributed by atoms with Gasteiger partial charge in [0.2, 0.25) is 0 Å². The number of aromatic nitrogens is 3. The van der Waals surface area contributed by atoms with Crippen molar-refractivity contribution in [2.75, 3.05) is 46.4 Å². The Balaban J connectivity index is 1.36. The van der Waals surface area contributed by atoms with Gasteiger partial charge in [0.25, 0.3) is 23.6 Å². The third-order valence-corrected chi connectivity index (χ3v) is 7.79. The molecule has 4 rings (SSSR count). The molecule has 0 saturated carbocycles. The lowest BCUT2D eigenvalue weighted by Gasteiger charge is -2.23. The van der Waals surface area contributed by atoms with Crippen LogP contribution in [0.4, 0.5) is 22.7 Å². The predicted molar refractivity (Wildman–Crippen MR) is 190 cm³/mol. The molecule has 1 aromatic carbocycles. The number of amides is 4. The Labute approximate surface area is 288 Å². The van der Waals surface area contributed by atoms with Crippen LogP contribution in [0.1, 0.15) is 61.6 Å². The van der Waals surface area contributed by atoms with Gasteiger partial charge in [-0.25, -0.2) is 0 Å². The standard InChI is InChI=1S/C33H41ClN10O5/c1-5-13-44(14-11-34)25-8-6-21(7-9-25)30(45)37-22-16-27(42(3)18-22)32(47)39-24-17-28(43(4)20-24)33(48)38-23-15-26(41(2)19-23)31(46)36-12-10-29(35)40-49/h6-9,15-20,49H,5,10-14H2,1-4H3,(H2,35,40)(H,36,46)(H,37,45)(H,38,48)(H,39,47). The second-order valence-corrected chi connectivity index (χ2v) is 11.7. The minimum atomic E-state index is -0.457. The van der Waals surface area contributed by atoms with Gasteiger partial charge in [-0.1, -0.05) is 12.1 Å². The maximum Gasteiger partial charge on any atom is 0.272 e. The number of nitrogens with two attached hydrogens (primary N) is 1. The fourth-order valence-corrected chi connectivity index (χ4v) is 5.38. The topological polar surface area (TPSA) is 193 Å². The predicted octanol–water partition coefficient (Wildman–Crippen LogP) is 3.78. The maximum atomic E-state index is 13.2. The van der Waals surface area contributed by atoms with Gasteiger partial charge in [0.05, 0.1) is 17.1 Å². The number of carbonyl (C=O) groups excluding carboxylic acids is 4. The van der Waals surface area contributed by atoms with Crippen molar-refractivity contribution in [1.82, 2.24) is 19.0 Å². The first kappa shape index (κ1) is 36.1. The van der Waals surface area contributed by atoms with Gasteiger partial charge in [-0.05, 0) is 48.9 Å². The first-order chi connectivity index (χ1) is 23.4. The average molecular weight is 693 g/mol. The van der Waals surface area contributed by atoms with Gasteiger partial charge in [-0.2, -0.15) is 0 Å². The Kier molecular flexibility index (Phi) is 12.1. The van der Waals surface area contributed by atoms with Crippen LogP contribution in [0.5, 0.6) is 0 Å². The van der Waals surface area contributed by atoms with E-state index in [-0.39, 0.29) is 30.4 Å². The summed E-state index contributed by atoms with van der Waals surface area (Å²) >= 11 is 5.94. The number of amidine groups is 1. The van der Waals surface area contributed by atoms with E-state index in [1.165, 1.54) is 12.1 Å². The van der Waals surface area contributed by atoms with Gasteiger partial charge < -0.3 is 50.8 Å². The zero-order valence-electron chi connectivity index (χ0n) is 27.8. The largest absolute Gasteiger partial charge is 0.409 e. The Hall–Kier alpha value is -5.70. The van der Waals surface area contributed by atoms with Gasteiger partial charge in [0.15, 0.2) is 0 Å². The maximum absolute atomic E-state index is 13.2. The van der Waals surface area contributed by atoms with Crippen LogP contribution < -0.4 is 31.9 Å². The van der Waals surface area contributed by atoms with Crippen LogP contribution in [0, 0.1) is 0 Å². The second-order valence-electron chi connectivity index (χ2n) is 11.4. The van der Waals surface area contributed by atoms with Crippen LogP contribution in [0.3, 0.4) is 0 Å². The molecule has 4 amide bonds. The van der Waals surface area contributed by atoms with Gasteiger partial charge >= 0.3 is 0 Å².